The zero-order chi connectivity index (χ0) is 27.3. The molecule has 0 saturated carbocycles. The highest BCUT2D eigenvalue weighted by molar-refractivity contribution is 6.92. The van der Waals surface area contributed by atoms with Gasteiger partial charge in [0.15, 0.2) is 16.6 Å². The Kier molecular flexibility index (Phi) is 9.95. The van der Waals surface area contributed by atoms with Gasteiger partial charge in [0.05, 0.1) is 9.52 Å². The summed E-state index contributed by atoms with van der Waals surface area (Å²) in [6.45, 7) is 32.8. The Morgan fingerprint density at radius 2 is 0.914 bits per heavy atom. The van der Waals surface area contributed by atoms with Crippen LogP contribution in [0, 0.1) is 0 Å². The number of halogens is 2. The normalized spacial score (nSPS) is 20.9. The summed E-state index contributed by atoms with van der Waals surface area (Å²) >= 11 is 14.1. The highest BCUT2D eigenvalue weighted by Crippen LogP contribution is 2.46. The van der Waals surface area contributed by atoms with Crippen LogP contribution in [0.3, 0.4) is 0 Å². The molecule has 200 valence electrons. The second kappa shape index (κ2) is 11.0. The van der Waals surface area contributed by atoms with Crippen LogP contribution in [0.4, 0.5) is 0 Å². The van der Waals surface area contributed by atoms with E-state index in [1.165, 1.54) is 21.5 Å². The van der Waals surface area contributed by atoms with Gasteiger partial charge < -0.3 is 8.85 Å². The molecule has 0 aliphatic heterocycles. The topological polar surface area (TPSA) is 18.5 Å². The van der Waals surface area contributed by atoms with Gasteiger partial charge in [-0.15, -0.1) is 0 Å². The lowest BCUT2D eigenvalue weighted by Gasteiger charge is -2.39. The van der Waals surface area contributed by atoms with Crippen molar-refractivity contribution in [3.05, 3.63) is 42.0 Å². The minimum absolute atomic E-state index is 0.251. The third-order valence-corrected chi connectivity index (χ3v) is 22.7. The van der Waals surface area contributed by atoms with E-state index >= 15 is 0 Å². The van der Waals surface area contributed by atoms with Crippen molar-refractivity contribution < 1.29 is 8.85 Å². The minimum atomic E-state index is -1.93. The van der Waals surface area contributed by atoms with Crippen LogP contribution in [0.15, 0.2) is 42.0 Å². The Labute approximate surface area is 232 Å². The molecule has 0 aromatic heterocycles. The first kappa shape index (κ1) is 31.8. The zero-order valence-electron chi connectivity index (χ0n) is 24.8. The highest BCUT2D eigenvalue weighted by atomic mass is 35.5. The van der Waals surface area contributed by atoms with Crippen LogP contribution in [0.1, 0.15) is 40.5 Å². The van der Waals surface area contributed by atoms with Crippen molar-refractivity contribution in [3.8, 4) is 0 Å². The summed E-state index contributed by atoms with van der Waals surface area (Å²) in [7, 11) is -7.88. The van der Waals surface area contributed by atoms with Gasteiger partial charge in [0.2, 0.25) is 0 Å². The molecule has 0 saturated heterocycles. The maximum atomic E-state index is 7.06. The van der Waals surface area contributed by atoms with E-state index in [2.05, 4.69) is 93.2 Å². The summed E-state index contributed by atoms with van der Waals surface area (Å²) in [5.74, 6) is 0. The predicted molar refractivity (Wildman–Crippen MR) is 172 cm³/mol. The number of rotatable bonds is 10. The third kappa shape index (κ3) is 7.35. The van der Waals surface area contributed by atoms with Gasteiger partial charge >= 0.3 is 0 Å². The molecule has 2 unspecified atom stereocenters. The fraction of sp³-hybridized carbons (Fsp3) is 0.692. The van der Waals surface area contributed by atoms with E-state index in [1.807, 2.05) is 0 Å². The Hall–Kier alpha value is 0.544. The molecule has 2 atom stereocenters. The van der Waals surface area contributed by atoms with Crippen molar-refractivity contribution in [2.24, 2.45) is 0 Å². The summed E-state index contributed by atoms with van der Waals surface area (Å²) in [4.78, 5) is 0. The fourth-order valence-corrected chi connectivity index (χ4v) is 24.0. The van der Waals surface area contributed by atoms with E-state index in [4.69, 9.17) is 32.1 Å². The number of allylic oxidation sites excluding steroid dienone is 8. The summed E-state index contributed by atoms with van der Waals surface area (Å²) in [6.07, 6.45) is 1.81. The first-order valence-electron chi connectivity index (χ1n) is 13.1. The maximum Gasteiger partial charge on any atom is 0.183 e. The van der Waals surface area contributed by atoms with Gasteiger partial charge in [-0.25, -0.2) is 0 Å². The van der Waals surface area contributed by atoms with Gasteiger partial charge in [0.25, 0.3) is 0 Å². The molecule has 0 bridgehead atoms. The molecule has 0 N–H and O–H groups in total. The SMILES string of the molecule is CC1=C([SiH2]C2=C(C)CC(Cl)=C2[Si](C)(C)C(C)O[Si](C)(C)C)C([Si](C)(C)C(C)O[Si](C)(C)C)=C(Cl)C1. The quantitative estimate of drug-likeness (QED) is 0.232. The summed E-state index contributed by atoms with van der Waals surface area (Å²) in [5.41, 5.74) is 3.46. The van der Waals surface area contributed by atoms with E-state index < -0.39 is 42.3 Å². The molecule has 2 aliphatic rings. The molecule has 0 radical (unpaired) electrons. The molecule has 2 aliphatic carbocycles. The van der Waals surface area contributed by atoms with Crippen LogP contribution >= 0.6 is 23.2 Å². The van der Waals surface area contributed by atoms with E-state index in [-0.39, 0.29) is 11.5 Å². The lowest BCUT2D eigenvalue weighted by atomic mass is 10.3. The molecule has 0 heterocycles. The second-order valence-corrected chi connectivity index (χ2v) is 34.9. The van der Waals surface area contributed by atoms with E-state index in [9.17, 15) is 0 Å². The average molecular weight is 606 g/mol. The van der Waals surface area contributed by atoms with Crippen molar-refractivity contribution >= 4 is 65.5 Å². The van der Waals surface area contributed by atoms with Crippen LogP contribution in [0.2, 0.25) is 65.5 Å². The van der Waals surface area contributed by atoms with Gasteiger partial charge in [0.1, 0.15) is 16.1 Å². The molecule has 0 spiro atoms. The molecule has 0 aromatic carbocycles. The monoisotopic (exact) mass is 604 g/mol. The average Bonchev–Trinajstić information content (AvgIpc) is 3.07. The van der Waals surface area contributed by atoms with Crippen LogP contribution in [-0.2, 0) is 8.85 Å². The first-order valence-corrected chi connectivity index (χ1v) is 28.3. The zero-order valence-corrected chi connectivity index (χ0v) is 31.8. The summed E-state index contributed by atoms with van der Waals surface area (Å²) in [5, 5.41) is 8.32. The van der Waals surface area contributed by atoms with Crippen molar-refractivity contribution in [2.75, 3.05) is 0 Å². The first-order chi connectivity index (χ1) is 15.6. The lowest BCUT2D eigenvalue weighted by molar-refractivity contribution is 0.282. The Morgan fingerprint density at radius 1 is 0.629 bits per heavy atom. The fourth-order valence-electron chi connectivity index (χ4n) is 5.50. The van der Waals surface area contributed by atoms with Crippen LogP contribution < -0.4 is 0 Å². The molecular formula is C26H50Cl2O2Si5. The Morgan fingerprint density at radius 3 is 1.17 bits per heavy atom. The molecule has 2 rings (SSSR count). The Bertz CT molecular complexity index is 901. The van der Waals surface area contributed by atoms with Crippen molar-refractivity contribution in [2.45, 2.75) is 117 Å². The molecule has 0 amide bonds. The summed E-state index contributed by atoms with van der Waals surface area (Å²) < 4.78 is 13.3. The van der Waals surface area contributed by atoms with Gasteiger partial charge in [-0.1, -0.05) is 70.9 Å². The van der Waals surface area contributed by atoms with Crippen LogP contribution in [-0.4, -0.2) is 53.8 Å². The third-order valence-electron chi connectivity index (χ3n) is 7.75. The lowest BCUT2D eigenvalue weighted by Crippen LogP contribution is -2.50. The molecular weight excluding hydrogens is 556 g/mol. The van der Waals surface area contributed by atoms with Crippen molar-refractivity contribution in [1.29, 1.82) is 0 Å². The molecule has 0 aromatic rings. The van der Waals surface area contributed by atoms with Crippen LogP contribution in [0.25, 0.3) is 0 Å². The molecule has 35 heavy (non-hydrogen) atoms. The summed E-state index contributed by atoms with van der Waals surface area (Å²) in [6, 6.07) is 0. The van der Waals surface area contributed by atoms with Gasteiger partial charge in [0, 0.05) is 34.4 Å². The standard InChI is InChI=1S/C26H50Cl2O2Si5/c1-17-15-21(27)25(34(11,12)19(3)29-32(5,6)7)23(17)31-24-18(2)16-22(28)26(24)35(13,14)20(4)30-33(8,9)10/h19-20H,15-16,31H2,1-14H3. The molecule has 9 heteroatoms. The highest BCUT2D eigenvalue weighted by Gasteiger charge is 2.45. The van der Waals surface area contributed by atoms with Gasteiger partial charge in [-0.05, 0) is 77.4 Å². The number of hydrogen-bond donors (Lipinski definition) is 0. The van der Waals surface area contributed by atoms with Crippen molar-refractivity contribution in [3.63, 3.8) is 0 Å². The predicted octanol–water partition coefficient (Wildman–Crippen LogP) is 8.55. The van der Waals surface area contributed by atoms with Gasteiger partial charge in [-0.3, -0.25) is 0 Å². The number of hydrogen-bond acceptors (Lipinski definition) is 2. The van der Waals surface area contributed by atoms with E-state index in [0.717, 1.165) is 22.9 Å². The van der Waals surface area contributed by atoms with Crippen LogP contribution in [0.5, 0.6) is 0 Å². The smallest absolute Gasteiger partial charge is 0.183 e. The largest absolute Gasteiger partial charge is 0.418 e. The van der Waals surface area contributed by atoms with E-state index in [0.29, 0.717) is 0 Å². The Balaban J connectivity index is 2.48. The van der Waals surface area contributed by atoms with Crippen molar-refractivity contribution in [1.82, 2.24) is 0 Å². The maximum absolute atomic E-state index is 7.06. The minimum Gasteiger partial charge on any atom is -0.418 e. The van der Waals surface area contributed by atoms with Gasteiger partial charge in [-0.2, -0.15) is 0 Å². The molecule has 0 fully saturated rings. The van der Waals surface area contributed by atoms with E-state index in [1.54, 1.807) is 10.4 Å². The molecule has 2 nitrogen and oxygen atoms in total. The second-order valence-electron chi connectivity index (χ2n) is 13.8.